The first kappa shape index (κ1) is 22.2. The highest BCUT2D eigenvalue weighted by Crippen LogP contribution is 2.52. The molecule has 0 amide bonds. The SMILES string of the molecule is c1ccc(-c2ccc3c(c2)NC2c4cc(-c5ccc6oc7ccccc7c6c5)cc5c6ccccc6n(c45)C2N3)cc1. The fourth-order valence-electron chi connectivity index (χ4n) is 7.31. The second-order valence-electron chi connectivity index (χ2n) is 11.5. The molecule has 0 fully saturated rings. The van der Waals surface area contributed by atoms with Gasteiger partial charge in [-0.25, -0.2) is 0 Å². The van der Waals surface area contributed by atoms with E-state index in [1.54, 1.807) is 0 Å². The van der Waals surface area contributed by atoms with Crippen molar-refractivity contribution < 1.29 is 4.42 Å². The van der Waals surface area contributed by atoms with Gasteiger partial charge >= 0.3 is 0 Å². The van der Waals surface area contributed by atoms with Crippen LogP contribution >= 0.6 is 0 Å². The molecule has 0 spiro atoms. The Kier molecular flexibility index (Phi) is 4.26. The van der Waals surface area contributed by atoms with Crippen LogP contribution in [0.2, 0.25) is 0 Å². The number of hydrogen-bond donors (Lipinski definition) is 2. The van der Waals surface area contributed by atoms with Crippen LogP contribution in [0.3, 0.4) is 0 Å². The molecule has 2 aromatic heterocycles. The molecule has 4 heteroatoms. The predicted molar refractivity (Wildman–Crippen MR) is 173 cm³/mol. The van der Waals surface area contributed by atoms with Crippen LogP contribution in [-0.4, -0.2) is 4.57 Å². The van der Waals surface area contributed by atoms with Crippen LogP contribution in [0.4, 0.5) is 11.4 Å². The van der Waals surface area contributed by atoms with Crippen molar-refractivity contribution in [3.05, 3.63) is 133 Å². The molecule has 6 aromatic carbocycles. The van der Waals surface area contributed by atoms with E-state index < -0.39 is 0 Å². The van der Waals surface area contributed by atoms with E-state index in [1.807, 2.05) is 12.1 Å². The van der Waals surface area contributed by atoms with Crippen molar-refractivity contribution in [1.82, 2.24) is 4.57 Å². The zero-order valence-electron chi connectivity index (χ0n) is 22.6. The Labute approximate surface area is 241 Å². The third-order valence-corrected chi connectivity index (χ3v) is 9.21. The van der Waals surface area contributed by atoms with Gasteiger partial charge in [-0.2, -0.15) is 0 Å². The van der Waals surface area contributed by atoms with E-state index in [2.05, 4.69) is 130 Å². The van der Waals surface area contributed by atoms with Gasteiger partial charge in [0.15, 0.2) is 0 Å². The molecule has 0 bridgehead atoms. The zero-order chi connectivity index (χ0) is 27.4. The highest BCUT2D eigenvalue weighted by atomic mass is 16.3. The van der Waals surface area contributed by atoms with Crippen molar-refractivity contribution in [2.45, 2.75) is 12.2 Å². The predicted octanol–water partition coefficient (Wildman–Crippen LogP) is 10.1. The molecule has 8 aromatic rings. The number of aromatic nitrogens is 1. The summed E-state index contributed by atoms with van der Waals surface area (Å²) in [6.07, 6.45) is 0.0769. The van der Waals surface area contributed by atoms with E-state index in [9.17, 15) is 0 Å². The summed E-state index contributed by atoms with van der Waals surface area (Å²) in [5.74, 6) is 0. The van der Waals surface area contributed by atoms with E-state index in [4.69, 9.17) is 4.42 Å². The van der Waals surface area contributed by atoms with Crippen molar-refractivity contribution in [1.29, 1.82) is 0 Å². The van der Waals surface area contributed by atoms with Crippen LogP contribution < -0.4 is 10.6 Å². The molecule has 2 N–H and O–H groups in total. The van der Waals surface area contributed by atoms with Gasteiger partial charge in [-0.15, -0.1) is 0 Å². The maximum atomic E-state index is 6.14. The van der Waals surface area contributed by atoms with Gasteiger partial charge in [0.25, 0.3) is 0 Å². The number of furan rings is 1. The molecule has 0 saturated heterocycles. The zero-order valence-corrected chi connectivity index (χ0v) is 22.6. The molecule has 0 saturated carbocycles. The molecule has 0 aliphatic carbocycles. The van der Waals surface area contributed by atoms with Gasteiger partial charge in [-0.3, -0.25) is 0 Å². The number of hydrogen-bond acceptors (Lipinski definition) is 3. The van der Waals surface area contributed by atoms with E-state index >= 15 is 0 Å². The monoisotopic (exact) mass is 539 g/mol. The van der Waals surface area contributed by atoms with Crippen LogP contribution in [-0.2, 0) is 0 Å². The van der Waals surface area contributed by atoms with E-state index in [0.29, 0.717) is 0 Å². The molecule has 2 atom stereocenters. The van der Waals surface area contributed by atoms with Gasteiger partial charge in [-0.1, -0.05) is 78.9 Å². The highest BCUT2D eigenvalue weighted by molar-refractivity contribution is 6.12. The molecule has 42 heavy (non-hydrogen) atoms. The lowest BCUT2D eigenvalue weighted by Gasteiger charge is -2.34. The molecule has 2 aliphatic heterocycles. The number of benzene rings is 6. The first-order chi connectivity index (χ1) is 20.8. The molecule has 10 rings (SSSR count). The molecular formula is C38H25N3O. The minimum atomic E-state index is 0.0769. The second-order valence-corrected chi connectivity index (χ2v) is 11.5. The van der Waals surface area contributed by atoms with Gasteiger partial charge in [0, 0.05) is 27.1 Å². The summed E-state index contributed by atoms with van der Waals surface area (Å²) in [5, 5.41) is 12.8. The molecule has 2 unspecified atom stereocenters. The maximum absolute atomic E-state index is 6.14. The molecular weight excluding hydrogens is 514 g/mol. The minimum absolute atomic E-state index is 0.0769. The largest absolute Gasteiger partial charge is 0.456 e. The Morgan fingerprint density at radius 3 is 2.17 bits per heavy atom. The van der Waals surface area contributed by atoms with Crippen molar-refractivity contribution in [3.8, 4) is 22.3 Å². The molecule has 198 valence electrons. The lowest BCUT2D eigenvalue weighted by molar-refractivity contribution is 0.540. The Morgan fingerprint density at radius 2 is 1.24 bits per heavy atom. The molecule has 2 aliphatic rings. The van der Waals surface area contributed by atoms with Crippen molar-refractivity contribution >= 4 is 55.1 Å². The third-order valence-electron chi connectivity index (χ3n) is 9.21. The quantitative estimate of drug-likeness (QED) is 0.230. The lowest BCUT2D eigenvalue weighted by atomic mass is 9.94. The fourth-order valence-corrected chi connectivity index (χ4v) is 7.31. The number of fused-ring (bicyclic) bond motifs is 10. The topological polar surface area (TPSA) is 42.1 Å². The number of nitrogens with zero attached hydrogens (tertiary/aromatic N) is 1. The average Bonchev–Trinajstić information content (AvgIpc) is 3.70. The number of anilines is 2. The smallest absolute Gasteiger partial charge is 0.135 e. The summed E-state index contributed by atoms with van der Waals surface area (Å²) in [4.78, 5) is 0. The second kappa shape index (κ2) is 8.05. The summed E-state index contributed by atoms with van der Waals surface area (Å²) in [6.45, 7) is 0. The van der Waals surface area contributed by atoms with E-state index in [-0.39, 0.29) is 12.2 Å². The van der Waals surface area contributed by atoms with Crippen molar-refractivity contribution in [3.63, 3.8) is 0 Å². The summed E-state index contributed by atoms with van der Waals surface area (Å²) >= 11 is 0. The van der Waals surface area contributed by atoms with Gasteiger partial charge in [0.1, 0.15) is 17.3 Å². The minimum Gasteiger partial charge on any atom is -0.456 e. The summed E-state index contributed by atoms with van der Waals surface area (Å²) < 4.78 is 8.64. The Hall–Kier alpha value is -5.48. The van der Waals surface area contributed by atoms with Crippen molar-refractivity contribution in [2.24, 2.45) is 0 Å². The van der Waals surface area contributed by atoms with E-state index in [0.717, 1.165) is 33.3 Å². The van der Waals surface area contributed by atoms with Crippen LogP contribution in [0.25, 0.3) is 66.0 Å². The van der Waals surface area contributed by atoms with Crippen LogP contribution in [0.5, 0.6) is 0 Å². The molecule has 0 radical (unpaired) electrons. The lowest BCUT2D eigenvalue weighted by Crippen LogP contribution is -2.30. The summed E-state index contributed by atoms with van der Waals surface area (Å²) in [7, 11) is 0. The van der Waals surface area contributed by atoms with Crippen molar-refractivity contribution in [2.75, 3.05) is 10.6 Å². The fraction of sp³-hybridized carbons (Fsp3) is 0.0526. The average molecular weight is 540 g/mol. The third kappa shape index (κ3) is 2.96. The Balaban J connectivity index is 1.17. The number of nitrogens with one attached hydrogen (secondary N) is 2. The standard InChI is InChI=1S/C38H25N3O/c1-2-8-22(9-3-1)24-14-16-31-32(21-24)39-36-30-20-25(23-15-17-35-28(18-23)27-11-5-7-13-34(27)42-35)19-29-26-10-4-6-12-33(26)41(37(29)30)38(36)40-31/h1-21,36,38-40H. The number of para-hydroxylation sites is 2. The maximum Gasteiger partial charge on any atom is 0.135 e. The Morgan fingerprint density at radius 1 is 0.500 bits per heavy atom. The summed E-state index contributed by atoms with van der Waals surface area (Å²) in [5.41, 5.74) is 12.9. The van der Waals surface area contributed by atoms with Gasteiger partial charge < -0.3 is 19.6 Å². The van der Waals surface area contributed by atoms with Gasteiger partial charge in [-0.05, 0) is 70.8 Å². The van der Waals surface area contributed by atoms with Crippen LogP contribution in [0, 0.1) is 0 Å². The van der Waals surface area contributed by atoms with Crippen LogP contribution in [0.1, 0.15) is 17.8 Å². The Bertz CT molecular complexity index is 2380. The molecule has 4 heterocycles. The number of rotatable bonds is 2. The van der Waals surface area contributed by atoms with Crippen LogP contribution in [0.15, 0.2) is 132 Å². The first-order valence-corrected chi connectivity index (χ1v) is 14.5. The first-order valence-electron chi connectivity index (χ1n) is 14.5. The van der Waals surface area contributed by atoms with Gasteiger partial charge in [0.05, 0.1) is 28.5 Å². The molecule has 4 nitrogen and oxygen atoms in total. The van der Waals surface area contributed by atoms with Gasteiger partial charge in [0.2, 0.25) is 0 Å². The summed E-state index contributed by atoms with van der Waals surface area (Å²) in [6, 6.07) is 45.8. The highest BCUT2D eigenvalue weighted by Gasteiger charge is 2.39. The normalized spacial score (nSPS) is 17.0. The van der Waals surface area contributed by atoms with E-state index in [1.165, 1.54) is 49.6 Å².